The van der Waals surface area contributed by atoms with Crippen LogP contribution in [0.15, 0.2) is 35.6 Å². The van der Waals surface area contributed by atoms with Crippen molar-refractivity contribution in [1.82, 2.24) is 20.0 Å². The predicted molar refractivity (Wildman–Crippen MR) is 109 cm³/mol. The van der Waals surface area contributed by atoms with Crippen molar-refractivity contribution in [3.8, 4) is 0 Å². The van der Waals surface area contributed by atoms with Crippen LogP contribution in [-0.4, -0.2) is 48.7 Å². The highest BCUT2D eigenvalue weighted by Gasteiger charge is 2.02. The normalized spacial score (nSPS) is 11.3. The summed E-state index contributed by atoms with van der Waals surface area (Å²) in [6.07, 6.45) is 7.10. The Morgan fingerprint density at radius 2 is 2.08 bits per heavy atom. The molecule has 0 bridgehead atoms. The summed E-state index contributed by atoms with van der Waals surface area (Å²) in [5.74, 6) is 0.838. The summed E-state index contributed by atoms with van der Waals surface area (Å²) in [6, 6.07) is 6.02. The van der Waals surface area contributed by atoms with Gasteiger partial charge >= 0.3 is 0 Å². The largest absolute Gasteiger partial charge is 0.382 e. The molecular formula is C17H28IN5O. The highest BCUT2D eigenvalue weighted by molar-refractivity contribution is 14.0. The van der Waals surface area contributed by atoms with Crippen molar-refractivity contribution in [3.05, 3.63) is 36.3 Å². The van der Waals surface area contributed by atoms with Crippen LogP contribution in [0.5, 0.6) is 0 Å². The molecule has 2 N–H and O–H groups in total. The van der Waals surface area contributed by atoms with Gasteiger partial charge in [0.1, 0.15) is 5.65 Å². The van der Waals surface area contributed by atoms with Gasteiger partial charge in [0.2, 0.25) is 0 Å². The molecule has 0 spiro atoms. The molecule has 134 valence electrons. The van der Waals surface area contributed by atoms with E-state index in [1.165, 1.54) is 0 Å². The first-order chi connectivity index (χ1) is 11.3. The highest BCUT2D eigenvalue weighted by Crippen LogP contribution is 2.04. The van der Waals surface area contributed by atoms with Crippen LogP contribution in [0.4, 0.5) is 0 Å². The molecule has 0 aliphatic rings. The van der Waals surface area contributed by atoms with Crippen molar-refractivity contribution in [1.29, 1.82) is 0 Å². The molecule has 0 saturated carbocycles. The fourth-order valence-electron chi connectivity index (χ4n) is 2.32. The number of ether oxygens (including phenoxy) is 1. The lowest BCUT2D eigenvalue weighted by Gasteiger charge is -2.11. The number of halogens is 1. The summed E-state index contributed by atoms with van der Waals surface area (Å²) in [4.78, 5) is 8.82. The highest BCUT2D eigenvalue weighted by atomic mass is 127. The molecule has 0 aliphatic heterocycles. The first kappa shape index (κ1) is 20.7. The maximum absolute atomic E-state index is 5.32. The molecule has 0 aromatic carbocycles. The van der Waals surface area contributed by atoms with Gasteiger partial charge in [-0.15, -0.1) is 24.0 Å². The number of rotatable bonds is 9. The van der Waals surface area contributed by atoms with Gasteiger partial charge in [0.25, 0.3) is 0 Å². The number of imidazole rings is 1. The van der Waals surface area contributed by atoms with Gasteiger partial charge in [-0.1, -0.05) is 6.07 Å². The van der Waals surface area contributed by atoms with Crippen molar-refractivity contribution in [2.75, 3.05) is 33.4 Å². The van der Waals surface area contributed by atoms with Gasteiger partial charge in [-0.3, -0.25) is 4.99 Å². The van der Waals surface area contributed by atoms with Crippen LogP contribution >= 0.6 is 24.0 Å². The first-order valence-corrected chi connectivity index (χ1v) is 8.28. The molecule has 6 nitrogen and oxygen atoms in total. The third kappa shape index (κ3) is 7.04. The Bertz CT molecular complexity index is 581. The van der Waals surface area contributed by atoms with Crippen LogP contribution in [-0.2, 0) is 11.2 Å². The van der Waals surface area contributed by atoms with Gasteiger partial charge in [-0.25, -0.2) is 4.98 Å². The standard InChI is InChI=1S/C17H27N5O.HI/c1-3-23-13-7-5-10-19-17(18-2)20-11-9-15-14-22-12-6-4-8-16(22)21-15;/h4,6,8,12,14H,3,5,7,9-11,13H2,1-2H3,(H2,18,19,20);1H. The molecule has 0 radical (unpaired) electrons. The topological polar surface area (TPSA) is 63.0 Å². The Hall–Kier alpha value is -1.35. The molecular weight excluding hydrogens is 417 g/mol. The monoisotopic (exact) mass is 445 g/mol. The molecule has 0 unspecified atom stereocenters. The van der Waals surface area contributed by atoms with E-state index in [2.05, 4.69) is 26.8 Å². The number of nitrogens with one attached hydrogen (secondary N) is 2. The molecule has 0 saturated heterocycles. The van der Waals surface area contributed by atoms with E-state index in [-0.39, 0.29) is 24.0 Å². The molecule has 2 heterocycles. The summed E-state index contributed by atoms with van der Waals surface area (Å²) in [6.45, 7) is 5.36. The van der Waals surface area contributed by atoms with E-state index in [1.807, 2.05) is 35.7 Å². The fourth-order valence-corrected chi connectivity index (χ4v) is 2.32. The van der Waals surface area contributed by atoms with E-state index >= 15 is 0 Å². The van der Waals surface area contributed by atoms with Crippen LogP contribution in [0.25, 0.3) is 5.65 Å². The number of pyridine rings is 1. The number of hydrogen-bond donors (Lipinski definition) is 2. The Kier molecular flexibility index (Phi) is 10.4. The minimum atomic E-state index is 0. The second kappa shape index (κ2) is 12.1. The van der Waals surface area contributed by atoms with Crippen molar-refractivity contribution < 1.29 is 4.74 Å². The SMILES string of the molecule is CCOCCCCNC(=NC)NCCc1cn2ccccc2n1.I. The Labute approximate surface area is 161 Å². The molecule has 0 amide bonds. The van der Waals surface area contributed by atoms with Crippen LogP contribution in [0.3, 0.4) is 0 Å². The van der Waals surface area contributed by atoms with Gasteiger partial charge in [-0.2, -0.15) is 0 Å². The van der Waals surface area contributed by atoms with Gasteiger partial charge < -0.3 is 19.8 Å². The molecule has 2 aromatic heterocycles. The van der Waals surface area contributed by atoms with Crippen molar-refractivity contribution in [2.24, 2.45) is 4.99 Å². The van der Waals surface area contributed by atoms with E-state index in [0.717, 1.165) is 62.9 Å². The molecule has 24 heavy (non-hydrogen) atoms. The third-order valence-corrected chi connectivity index (χ3v) is 3.52. The fraction of sp³-hybridized carbons (Fsp3) is 0.529. The van der Waals surface area contributed by atoms with Crippen LogP contribution in [0.2, 0.25) is 0 Å². The van der Waals surface area contributed by atoms with Crippen molar-refractivity contribution in [2.45, 2.75) is 26.2 Å². The zero-order valence-corrected chi connectivity index (χ0v) is 16.8. The lowest BCUT2D eigenvalue weighted by molar-refractivity contribution is 0.143. The number of hydrogen-bond acceptors (Lipinski definition) is 3. The lowest BCUT2D eigenvalue weighted by Crippen LogP contribution is -2.38. The smallest absolute Gasteiger partial charge is 0.190 e. The Morgan fingerprint density at radius 1 is 1.25 bits per heavy atom. The van der Waals surface area contributed by atoms with Gasteiger partial charge in [0.05, 0.1) is 5.69 Å². The maximum Gasteiger partial charge on any atom is 0.190 e. The molecule has 0 fully saturated rings. The number of aliphatic imine (C=N–C) groups is 1. The minimum Gasteiger partial charge on any atom is -0.382 e. The number of guanidine groups is 1. The minimum absolute atomic E-state index is 0. The summed E-state index contributed by atoms with van der Waals surface area (Å²) in [5, 5.41) is 6.64. The second-order valence-corrected chi connectivity index (χ2v) is 5.28. The molecule has 2 rings (SSSR count). The quantitative estimate of drug-likeness (QED) is 0.270. The third-order valence-electron chi connectivity index (χ3n) is 3.52. The summed E-state index contributed by atoms with van der Waals surface area (Å²) >= 11 is 0. The van der Waals surface area contributed by atoms with Crippen LogP contribution < -0.4 is 10.6 Å². The summed E-state index contributed by atoms with van der Waals surface area (Å²) in [7, 11) is 1.79. The van der Waals surface area contributed by atoms with Gasteiger partial charge in [-0.05, 0) is 31.9 Å². The zero-order chi connectivity index (χ0) is 16.3. The predicted octanol–water partition coefficient (Wildman–Crippen LogP) is 2.48. The van der Waals surface area contributed by atoms with Crippen molar-refractivity contribution >= 4 is 35.6 Å². The second-order valence-electron chi connectivity index (χ2n) is 5.28. The average molecular weight is 445 g/mol. The average Bonchev–Trinajstić information content (AvgIpc) is 2.99. The summed E-state index contributed by atoms with van der Waals surface area (Å²) in [5.41, 5.74) is 2.06. The van der Waals surface area contributed by atoms with Crippen LogP contribution in [0, 0.1) is 0 Å². The van der Waals surface area contributed by atoms with Gasteiger partial charge in [0, 0.05) is 52.2 Å². The lowest BCUT2D eigenvalue weighted by atomic mass is 10.3. The number of aromatic nitrogens is 2. The van der Waals surface area contributed by atoms with E-state index < -0.39 is 0 Å². The first-order valence-electron chi connectivity index (χ1n) is 8.28. The molecule has 7 heteroatoms. The zero-order valence-electron chi connectivity index (χ0n) is 14.5. The van der Waals surface area contributed by atoms with Gasteiger partial charge in [0.15, 0.2) is 5.96 Å². The molecule has 0 aliphatic carbocycles. The van der Waals surface area contributed by atoms with E-state index in [1.54, 1.807) is 7.05 Å². The Morgan fingerprint density at radius 3 is 2.83 bits per heavy atom. The number of fused-ring (bicyclic) bond motifs is 1. The van der Waals surface area contributed by atoms with E-state index in [0.29, 0.717) is 0 Å². The maximum atomic E-state index is 5.32. The molecule has 2 aromatic rings. The van der Waals surface area contributed by atoms with E-state index in [4.69, 9.17) is 4.74 Å². The van der Waals surface area contributed by atoms with E-state index in [9.17, 15) is 0 Å². The number of unbranched alkanes of at least 4 members (excludes halogenated alkanes) is 1. The van der Waals surface area contributed by atoms with Crippen molar-refractivity contribution in [3.63, 3.8) is 0 Å². The summed E-state index contributed by atoms with van der Waals surface area (Å²) < 4.78 is 7.37. The molecule has 0 atom stereocenters. The number of nitrogens with zero attached hydrogens (tertiary/aromatic N) is 3. The van der Waals surface area contributed by atoms with Crippen LogP contribution in [0.1, 0.15) is 25.5 Å². The Balaban J connectivity index is 0.00000288.